The Balaban J connectivity index is 1.66. The Hall–Kier alpha value is -1.75. The standard InChI is InChI=1S/C18H27N3O2/c1-15(2)21-10-9-19(8-7-18(21)22)16-3-5-17(6-4-16)20-11-13-23-14-12-20/h3-6,15H,7-14H2,1-2H3. The van der Waals surface area contributed by atoms with Gasteiger partial charge in [-0.1, -0.05) is 0 Å². The molecule has 0 unspecified atom stereocenters. The Bertz CT molecular complexity index is 524. The SMILES string of the molecule is CC(C)N1CCN(c2ccc(N3CCOCC3)cc2)CCC1=O. The fourth-order valence-corrected chi connectivity index (χ4v) is 3.34. The number of amides is 1. The Morgan fingerprint density at radius 3 is 2.00 bits per heavy atom. The zero-order valence-corrected chi connectivity index (χ0v) is 14.2. The van der Waals surface area contributed by atoms with Gasteiger partial charge in [-0.2, -0.15) is 0 Å². The molecule has 0 saturated carbocycles. The van der Waals surface area contributed by atoms with Crippen LogP contribution in [0.5, 0.6) is 0 Å². The van der Waals surface area contributed by atoms with Gasteiger partial charge in [-0.05, 0) is 38.1 Å². The molecule has 2 aliphatic heterocycles. The zero-order valence-electron chi connectivity index (χ0n) is 14.2. The summed E-state index contributed by atoms with van der Waals surface area (Å²) in [6, 6.07) is 9.02. The van der Waals surface area contributed by atoms with Crippen LogP contribution in [0.25, 0.3) is 0 Å². The summed E-state index contributed by atoms with van der Waals surface area (Å²) in [5, 5.41) is 0. The van der Waals surface area contributed by atoms with Crippen molar-refractivity contribution in [3.8, 4) is 0 Å². The van der Waals surface area contributed by atoms with Crippen molar-refractivity contribution in [3.63, 3.8) is 0 Å². The molecule has 23 heavy (non-hydrogen) atoms. The molecule has 0 N–H and O–H groups in total. The predicted molar refractivity (Wildman–Crippen MR) is 93.2 cm³/mol. The number of hydrogen-bond donors (Lipinski definition) is 0. The van der Waals surface area contributed by atoms with Crippen molar-refractivity contribution in [2.75, 3.05) is 55.7 Å². The topological polar surface area (TPSA) is 36.0 Å². The molecule has 0 radical (unpaired) electrons. The van der Waals surface area contributed by atoms with Crippen LogP contribution < -0.4 is 9.80 Å². The quantitative estimate of drug-likeness (QED) is 0.854. The first-order valence-electron chi connectivity index (χ1n) is 8.62. The van der Waals surface area contributed by atoms with E-state index < -0.39 is 0 Å². The van der Waals surface area contributed by atoms with Crippen LogP contribution in [0.4, 0.5) is 11.4 Å². The largest absolute Gasteiger partial charge is 0.378 e. The fourth-order valence-electron chi connectivity index (χ4n) is 3.34. The van der Waals surface area contributed by atoms with E-state index >= 15 is 0 Å². The van der Waals surface area contributed by atoms with Gasteiger partial charge in [0.05, 0.1) is 13.2 Å². The number of rotatable bonds is 3. The monoisotopic (exact) mass is 317 g/mol. The number of morpholine rings is 1. The van der Waals surface area contributed by atoms with Crippen LogP contribution in [-0.2, 0) is 9.53 Å². The molecule has 126 valence electrons. The molecule has 1 aromatic carbocycles. The van der Waals surface area contributed by atoms with E-state index in [-0.39, 0.29) is 11.9 Å². The second kappa shape index (κ2) is 7.21. The van der Waals surface area contributed by atoms with Crippen molar-refractivity contribution in [1.82, 2.24) is 4.90 Å². The smallest absolute Gasteiger partial charge is 0.224 e. The minimum atomic E-state index is 0.271. The normalized spacial score (nSPS) is 20.1. The summed E-state index contributed by atoms with van der Waals surface area (Å²) in [6.07, 6.45) is 0.601. The van der Waals surface area contributed by atoms with Crippen LogP contribution >= 0.6 is 0 Å². The van der Waals surface area contributed by atoms with Crippen LogP contribution in [0.2, 0.25) is 0 Å². The summed E-state index contributed by atoms with van der Waals surface area (Å²) in [6.45, 7) is 10.2. The van der Waals surface area contributed by atoms with Gasteiger partial charge in [0.1, 0.15) is 0 Å². The van der Waals surface area contributed by atoms with Gasteiger partial charge in [0.15, 0.2) is 0 Å². The van der Waals surface area contributed by atoms with Crippen molar-refractivity contribution >= 4 is 17.3 Å². The highest BCUT2D eigenvalue weighted by Crippen LogP contribution is 2.23. The molecule has 3 rings (SSSR count). The van der Waals surface area contributed by atoms with Crippen LogP contribution in [0.3, 0.4) is 0 Å². The highest BCUT2D eigenvalue weighted by atomic mass is 16.5. The fraction of sp³-hybridized carbons (Fsp3) is 0.611. The number of carbonyl (C=O) groups is 1. The molecular formula is C18H27N3O2. The maximum atomic E-state index is 12.2. The lowest BCUT2D eigenvalue weighted by Gasteiger charge is -2.30. The Labute approximate surface area is 138 Å². The third-order valence-electron chi connectivity index (χ3n) is 4.74. The van der Waals surface area contributed by atoms with Gasteiger partial charge in [-0.3, -0.25) is 4.79 Å². The first-order chi connectivity index (χ1) is 11.1. The van der Waals surface area contributed by atoms with Gasteiger partial charge in [-0.25, -0.2) is 0 Å². The minimum absolute atomic E-state index is 0.271. The van der Waals surface area contributed by atoms with Crippen LogP contribution in [0, 0.1) is 0 Å². The van der Waals surface area contributed by atoms with Gasteiger partial charge >= 0.3 is 0 Å². The number of ether oxygens (including phenoxy) is 1. The zero-order chi connectivity index (χ0) is 16.2. The summed E-state index contributed by atoms with van der Waals surface area (Å²) in [5.41, 5.74) is 2.46. The Kier molecular flexibility index (Phi) is 5.06. The maximum absolute atomic E-state index is 12.2. The molecule has 0 aliphatic carbocycles. The maximum Gasteiger partial charge on any atom is 0.224 e. The van der Waals surface area contributed by atoms with E-state index in [1.807, 2.05) is 4.90 Å². The Morgan fingerprint density at radius 2 is 1.43 bits per heavy atom. The molecule has 0 bridgehead atoms. The second-order valence-electron chi connectivity index (χ2n) is 6.53. The average Bonchev–Trinajstić information content (AvgIpc) is 2.78. The summed E-state index contributed by atoms with van der Waals surface area (Å²) in [5.74, 6) is 0.271. The minimum Gasteiger partial charge on any atom is -0.378 e. The summed E-state index contributed by atoms with van der Waals surface area (Å²) >= 11 is 0. The summed E-state index contributed by atoms with van der Waals surface area (Å²) in [4.78, 5) is 18.8. The molecule has 1 aromatic rings. The number of anilines is 2. The van der Waals surface area contributed by atoms with Crippen molar-refractivity contribution in [1.29, 1.82) is 0 Å². The summed E-state index contributed by atoms with van der Waals surface area (Å²) in [7, 11) is 0. The lowest BCUT2D eigenvalue weighted by Crippen LogP contribution is -2.38. The van der Waals surface area contributed by atoms with E-state index in [0.717, 1.165) is 45.9 Å². The molecule has 1 amide bonds. The van der Waals surface area contributed by atoms with Crippen molar-refractivity contribution < 1.29 is 9.53 Å². The second-order valence-corrected chi connectivity index (χ2v) is 6.53. The lowest BCUT2D eigenvalue weighted by atomic mass is 10.2. The lowest BCUT2D eigenvalue weighted by molar-refractivity contribution is -0.131. The van der Waals surface area contributed by atoms with E-state index in [1.165, 1.54) is 11.4 Å². The van der Waals surface area contributed by atoms with Gasteiger partial charge in [-0.15, -0.1) is 0 Å². The molecule has 5 heteroatoms. The average molecular weight is 317 g/mol. The van der Waals surface area contributed by atoms with E-state index in [4.69, 9.17) is 4.74 Å². The first kappa shape index (κ1) is 16.1. The van der Waals surface area contributed by atoms with E-state index in [0.29, 0.717) is 6.42 Å². The first-order valence-corrected chi connectivity index (χ1v) is 8.62. The van der Waals surface area contributed by atoms with Crippen LogP contribution in [-0.4, -0.2) is 62.8 Å². The molecule has 2 saturated heterocycles. The number of nitrogens with zero attached hydrogens (tertiary/aromatic N) is 3. The van der Waals surface area contributed by atoms with Gasteiger partial charge in [0.2, 0.25) is 5.91 Å². The molecule has 0 aromatic heterocycles. The third kappa shape index (κ3) is 3.78. The molecule has 5 nitrogen and oxygen atoms in total. The van der Waals surface area contributed by atoms with Crippen LogP contribution in [0.15, 0.2) is 24.3 Å². The molecule has 2 fully saturated rings. The molecule has 0 atom stereocenters. The molecular weight excluding hydrogens is 290 g/mol. The molecule has 0 spiro atoms. The van der Waals surface area contributed by atoms with Gasteiger partial charge < -0.3 is 19.4 Å². The number of hydrogen-bond acceptors (Lipinski definition) is 4. The molecule has 2 heterocycles. The number of benzene rings is 1. The van der Waals surface area contributed by atoms with Gasteiger partial charge in [0.25, 0.3) is 0 Å². The van der Waals surface area contributed by atoms with Crippen molar-refractivity contribution in [2.45, 2.75) is 26.3 Å². The number of carbonyl (C=O) groups excluding carboxylic acids is 1. The molecule has 2 aliphatic rings. The van der Waals surface area contributed by atoms with Crippen molar-refractivity contribution in [3.05, 3.63) is 24.3 Å². The third-order valence-corrected chi connectivity index (χ3v) is 4.74. The van der Waals surface area contributed by atoms with Crippen LogP contribution in [0.1, 0.15) is 20.3 Å². The highest BCUT2D eigenvalue weighted by Gasteiger charge is 2.23. The highest BCUT2D eigenvalue weighted by molar-refractivity contribution is 5.77. The summed E-state index contributed by atoms with van der Waals surface area (Å²) < 4.78 is 5.41. The predicted octanol–water partition coefficient (Wildman–Crippen LogP) is 1.97. The van der Waals surface area contributed by atoms with E-state index in [1.54, 1.807) is 0 Å². The van der Waals surface area contributed by atoms with Gasteiger partial charge in [0, 0.05) is 56.6 Å². The van der Waals surface area contributed by atoms with E-state index in [9.17, 15) is 4.79 Å². The Morgan fingerprint density at radius 1 is 0.870 bits per heavy atom. The van der Waals surface area contributed by atoms with E-state index in [2.05, 4.69) is 47.9 Å². The van der Waals surface area contributed by atoms with Crippen molar-refractivity contribution in [2.24, 2.45) is 0 Å².